The van der Waals surface area contributed by atoms with Gasteiger partial charge >= 0.3 is 5.97 Å². The van der Waals surface area contributed by atoms with E-state index in [-0.39, 0.29) is 79.2 Å². The summed E-state index contributed by atoms with van der Waals surface area (Å²) >= 11 is 0. The standard InChI is InChI=1S/C44H58O12/c1-26(45)50-39-22-42-43(21-38-32(52-42)15-14-31-37(54-38)19-34-30(51-31)13-8-16-48-34)55-40(39)18-33-29(46)17-36-41(53-33)20-35(49-24-28-11-6-3-7-12-28)44(56-36)25-47-23-27-9-4-2-5-10-27/h2-7,9-12,29-44,46H,8,13-25H2,1H3/t29-,30+,31-,32+,33+,34-,35+,36+,37+,38-,39+,40-,41-,42-,43+,44-/m1/s1. The average molecular weight is 779 g/mol. The highest BCUT2D eigenvalue weighted by Gasteiger charge is 2.53. The molecule has 16 atom stereocenters. The second kappa shape index (κ2) is 17.8. The molecule has 12 heteroatoms. The largest absolute Gasteiger partial charge is 0.460 e. The molecule has 1 N–H and O–H groups in total. The SMILES string of the molecule is CC(=O)O[C@H]1C[C@H]2O[C@H]3CC[C@H]4O[C@H]5CCCO[C@@H]5C[C@@H]4O[C@@H]3C[C@@H]2O[C@@H]1C[C@@H]1O[C@@H]2C[C@H](OCc3ccccc3)[C@@H](COCc3ccccc3)O[C@H]2C[C@H]1O. The molecular weight excluding hydrogens is 720 g/mol. The Morgan fingerprint density at radius 1 is 0.607 bits per heavy atom. The molecule has 0 bridgehead atoms. The molecule has 0 aromatic heterocycles. The number of hydrogen-bond acceptors (Lipinski definition) is 12. The summed E-state index contributed by atoms with van der Waals surface area (Å²) in [6.07, 6.45) is 3.15. The molecule has 0 amide bonds. The zero-order valence-corrected chi connectivity index (χ0v) is 32.3. The van der Waals surface area contributed by atoms with Crippen LogP contribution in [0, 0.1) is 0 Å². The van der Waals surface area contributed by atoms with Crippen LogP contribution in [0.5, 0.6) is 0 Å². The summed E-state index contributed by atoms with van der Waals surface area (Å²) in [5.41, 5.74) is 2.17. The second-order valence-corrected chi connectivity index (χ2v) is 16.9. The van der Waals surface area contributed by atoms with Gasteiger partial charge in [0, 0.05) is 52.1 Å². The monoisotopic (exact) mass is 778 g/mol. The Hall–Kier alpha value is -2.49. The van der Waals surface area contributed by atoms with E-state index < -0.39 is 24.4 Å². The van der Waals surface area contributed by atoms with Gasteiger partial charge in [-0.25, -0.2) is 0 Å². The third kappa shape index (κ3) is 9.05. The van der Waals surface area contributed by atoms with Gasteiger partial charge in [-0.15, -0.1) is 0 Å². The summed E-state index contributed by atoms with van der Waals surface area (Å²) < 4.78 is 64.8. The summed E-state index contributed by atoms with van der Waals surface area (Å²) in [6, 6.07) is 20.2. The molecule has 0 radical (unpaired) electrons. The first kappa shape index (κ1) is 39.0. The lowest BCUT2D eigenvalue weighted by atomic mass is 9.85. The molecule has 0 unspecified atom stereocenters. The van der Waals surface area contributed by atoms with Crippen LogP contribution in [0.3, 0.4) is 0 Å². The van der Waals surface area contributed by atoms with E-state index in [0.29, 0.717) is 51.9 Å². The normalized spacial score (nSPS) is 42.1. The van der Waals surface area contributed by atoms with E-state index in [9.17, 15) is 9.90 Å². The lowest BCUT2D eigenvalue weighted by molar-refractivity contribution is -0.281. The molecular formula is C44H58O12. The average Bonchev–Trinajstić information content (AvgIpc) is 3.37. The van der Waals surface area contributed by atoms with Gasteiger partial charge in [-0.2, -0.15) is 0 Å². The van der Waals surface area contributed by atoms with Gasteiger partial charge in [-0.3, -0.25) is 4.79 Å². The Bertz CT molecular complexity index is 1560. The maximum absolute atomic E-state index is 12.4. The minimum Gasteiger partial charge on any atom is -0.460 e. The molecule has 0 saturated carbocycles. The number of rotatable bonds is 10. The molecule has 9 rings (SSSR count). The van der Waals surface area contributed by atoms with Crippen LogP contribution in [0.25, 0.3) is 0 Å². The van der Waals surface area contributed by atoms with E-state index in [0.717, 1.165) is 49.8 Å². The highest BCUT2D eigenvalue weighted by Crippen LogP contribution is 2.43. The number of carbonyl (C=O) groups excluding carboxylic acids is 1. The van der Waals surface area contributed by atoms with Crippen molar-refractivity contribution in [2.75, 3.05) is 13.2 Å². The first-order valence-corrected chi connectivity index (χ1v) is 21.1. The van der Waals surface area contributed by atoms with Crippen molar-refractivity contribution in [1.29, 1.82) is 0 Å². The van der Waals surface area contributed by atoms with E-state index in [1.54, 1.807) is 0 Å². The molecule has 7 fully saturated rings. The molecule has 7 aliphatic heterocycles. The van der Waals surface area contributed by atoms with Crippen molar-refractivity contribution in [3.8, 4) is 0 Å². The number of esters is 1. The number of fused-ring (bicyclic) bond motifs is 5. The fourth-order valence-electron chi connectivity index (χ4n) is 10.1. The zero-order valence-electron chi connectivity index (χ0n) is 32.3. The quantitative estimate of drug-likeness (QED) is 0.327. The molecule has 12 nitrogen and oxygen atoms in total. The minimum absolute atomic E-state index is 0.0367. The number of hydrogen-bond donors (Lipinski definition) is 1. The van der Waals surface area contributed by atoms with Crippen LogP contribution in [0.4, 0.5) is 0 Å². The van der Waals surface area contributed by atoms with Gasteiger partial charge in [0.1, 0.15) is 12.2 Å². The Labute approximate surface area is 329 Å². The Morgan fingerprint density at radius 3 is 1.91 bits per heavy atom. The van der Waals surface area contributed by atoms with Gasteiger partial charge in [0.05, 0.1) is 105 Å². The van der Waals surface area contributed by atoms with Crippen molar-refractivity contribution in [3.05, 3.63) is 71.8 Å². The summed E-state index contributed by atoms with van der Waals surface area (Å²) in [5, 5.41) is 11.5. The van der Waals surface area contributed by atoms with Crippen LogP contribution in [-0.4, -0.2) is 122 Å². The summed E-state index contributed by atoms with van der Waals surface area (Å²) in [4.78, 5) is 12.4. The number of benzene rings is 2. The Balaban J connectivity index is 0.849. The summed E-state index contributed by atoms with van der Waals surface area (Å²) in [5.74, 6) is -0.372. The van der Waals surface area contributed by atoms with Gasteiger partial charge in [0.15, 0.2) is 0 Å². The van der Waals surface area contributed by atoms with Crippen LogP contribution < -0.4 is 0 Å². The van der Waals surface area contributed by atoms with Gasteiger partial charge in [0.25, 0.3) is 0 Å². The zero-order chi connectivity index (χ0) is 38.0. The molecule has 0 spiro atoms. The molecule has 7 heterocycles. The van der Waals surface area contributed by atoms with E-state index in [2.05, 4.69) is 0 Å². The fraction of sp³-hybridized carbons (Fsp3) is 0.705. The predicted molar refractivity (Wildman–Crippen MR) is 201 cm³/mol. The van der Waals surface area contributed by atoms with Crippen molar-refractivity contribution < 1.29 is 57.3 Å². The Morgan fingerprint density at radius 2 is 1.16 bits per heavy atom. The topological polar surface area (TPSA) is 130 Å². The van der Waals surface area contributed by atoms with Crippen molar-refractivity contribution in [2.24, 2.45) is 0 Å². The van der Waals surface area contributed by atoms with Gasteiger partial charge in [0.2, 0.25) is 0 Å². The van der Waals surface area contributed by atoms with Crippen molar-refractivity contribution >= 4 is 5.97 Å². The fourth-order valence-corrected chi connectivity index (χ4v) is 10.1. The molecule has 7 aliphatic rings. The van der Waals surface area contributed by atoms with Crippen LogP contribution in [0.2, 0.25) is 0 Å². The number of aliphatic hydroxyl groups excluding tert-OH is 1. The smallest absolute Gasteiger partial charge is 0.302 e. The molecule has 306 valence electrons. The van der Waals surface area contributed by atoms with Crippen LogP contribution in [0.1, 0.15) is 82.3 Å². The van der Waals surface area contributed by atoms with Crippen LogP contribution in [-0.2, 0) is 65.4 Å². The van der Waals surface area contributed by atoms with Crippen molar-refractivity contribution in [3.63, 3.8) is 0 Å². The molecule has 2 aromatic rings. The summed E-state index contributed by atoms with van der Waals surface area (Å²) in [6.45, 7) is 3.47. The highest BCUT2D eigenvalue weighted by molar-refractivity contribution is 5.66. The second-order valence-electron chi connectivity index (χ2n) is 16.9. The molecule has 56 heavy (non-hydrogen) atoms. The number of aliphatic hydroxyl groups is 1. The first-order chi connectivity index (χ1) is 27.4. The van der Waals surface area contributed by atoms with Crippen LogP contribution in [0.15, 0.2) is 60.7 Å². The number of ether oxygens (including phenoxy) is 10. The van der Waals surface area contributed by atoms with Gasteiger partial charge in [-0.1, -0.05) is 60.7 Å². The van der Waals surface area contributed by atoms with E-state index in [1.807, 2.05) is 60.7 Å². The third-order valence-electron chi connectivity index (χ3n) is 12.9. The van der Waals surface area contributed by atoms with Crippen molar-refractivity contribution in [2.45, 2.75) is 182 Å². The lowest BCUT2D eigenvalue weighted by Crippen LogP contribution is -2.60. The van der Waals surface area contributed by atoms with Gasteiger partial charge in [-0.05, 0) is 36.8 Å². The molecule has 0 aliphatic carbocycles. The molecule has 7 saturated heterocycles. The maximum atomic E-state index is 12.4. The van der Waals surface area contributed by atoms with E-state index in [1.165, 1.54) is 6.92 Å². The first-order valence-electron chi connectivity index (χ1n) is 21.1. The maximum Gasteiger partial charge on any atom is 0.302 e. The number of carbonyl (C=O) groups is 1. The third-order valence-corrected chi connectivity index (χ3v) is 12.9. The highest BCUT2D eigenvalue weighted by atomic mass is 16.6. The van der Waals surface area contributed by atoms with Gasteiger partial charge < -0.3 is 52.5 Å². The van der Waals surface area contributed by atoms with Crippen molar-refractivity contribution in [1.82, 2.24) is 0 Å². The van der Waals surface area contributed by atoms with Crippen LogP contribution >= 0.6 is 0 Å². The summed E-state index contributed by atoms with van der Waals surface area (Å²) in [7, 11) is 0. The lowest BCUT2D eigenvalue weighted by Gasteiger charge is -2.50. The minimum atomic E-state index is -0.797. The Kier molecular flexibility index (Phi) is 12.4. The van der Waals surface area contributed by atoms with E-state index >= 15 is 0 Å². The molecule has 2 aromatic carbocycles. The predicted octanol–water partition coefficient (Wildman–Crippen LogP) is 4.99. The van der Waals surface area contributed by atoms with E-state index in [4.69, 9.17) is 47.4 Å².